The van der Waals surface area contributed by atoms with Gasteiger partial charge in [0.2, 0.25) is 0 Å². The number of nitrogens with zero attached hydrogens (tertiary/aromatic N) is 3. The summed E-state index contributed by atoms with van der Waals surface area (Å²) in [5, 5.41) is 29.0. The molecule has 1 aliphatic rings. The van der Waals surface area contributed by atoms with Crippen LogP contribution < -0.4 is 5.32 Å². The molecule has 1 saturated heterocycles. The Morgan fingerprint density at radius 1 is 1.22 bits per heavy atom. The molecule has 2 heterocycles. The molecule has 8 heteroatoms. The molecule has 1 fully saturated rings. The van der Waals surface area contributed by atoms with E-state index in [1.54, 1.807) is 13.8 Å². The van der Waals surface area contributed by atoms with Gasteiger partial charge in [0.05, 0.1) is 16.7 Å². The summed E-state index contributed by atoms with van der Waals surface area (Å²) in [7, 11) is 0. The molecule has 0 bridgehead atoms. The number of para-hydroxylation sites is 1. The van der Waals surface area contributed by atoms with Crippen LogP contribution in [0, 0.1) is 5.41 Å². The first-order valence-corrected chi connectivity index (χ1v) is 11.2. The Balaban J connectivity index is 1.94. The van der Waals surface area contributed by atoms with E-state index >= 15 is 0 Å². The van der Waals surface area contributed by atoms with Crippen molar-refractivity contribution in [3.8, 4) is 0 Å². The Kier molecular flexibility index (Phi) is 6.06. The molecule has 1 aromatic carbocycles. The molecule has 2 aromatic rings. The molecule has 8 nitrogen and oxygen atoms in total. The van der Waals surface area contributed by atoms with E-state index in [2.05, 4.69) is 10.4 Å². The molecule has 32 heavy (non-hydrogen) atoms. The van der Waals surface area contributed by atoms with Gasteiger partial charge in [-0.15, -0.1) is 0 Å². The highest BCUT2D eigenvalue weighted by Gasteiger charge is 2.56. The largest absolute Gasteiger partial charge is 0.465 e. The van der Waals surface area contributed by atoms with Gasteiger partial charge in [0, 0.05) is 24.0 Å². The Morgan fingerprint density at radius 2 is 1.84 bits per heavy atom. The van der Waals surface area contributed by atoms with Gasteiger partial charge in [0.1, 0.15) is 0 Å². The molecule has 2 atom stereocenters. The molecule has 0 saturated carbocycles. The summed E-state index contributed by atoms with van der Waals surface area (Å²) in [6.07, 6.45) is -0.357. The van der Waals surface area contributed by atoms with Crippen LogP contribution in [0.2, 0.25) is 0 Å². The quantitative estimate of drug-likeness (QED) is 0.645. The molecule has 3 N–H and O–H groups in total. The van der Waals surface area contributed by atoms with Gasteiger partial charge < -0.3 is 15.5 Å². The SMILES string of the molecule is CC(C)n1nc(C(=O)N[C@@H]2CN(C(=O)O)[C@@](CC(C)(C)O)(C(C)(C)C)C2)c2ccccc21. The molecule has 1 aliphatic heterocycles. The Morgan fingerprint density at radius 3 is 2.38 bits per heavy atom. The zero-order chi connectivity index (χ0) is 24.1. The number of amides is 2. The number of rotatable bonds is 5. The minimum absolute atomic E-state index is 0.0933. The van der Waals surface area contributed by atoms with Crippen LogP contribution in [-0.2, 0) is 0 Å². The van der Waals surface area contributed by atoms with Crippen LogP contribution in [0.5, 0.6) is 0 Å². The van der Waals surface area contributed by atoms with Gasteiger partial charge in [-0.2, -0.15) is 5.10 Å². The van der Waals surface area contributed by atoms with Crippen LogP contribution in [0.25, 0.3) is 10.9 Å². The number of nitrogens with one attached hydrogen (secondary N) is 1. The van der Waals surface area contributed by atoms with Gasteiger partial charge in [-0.1, -0.05) is 39.0 Å². The van der Waals surface area contributed by atoms with E-state index < -0.39 is 22.6 Å². The highest BCUT2D eigenvalue weighted by Crippen LogP contribution is 2.48. The molecule has 0 radical (unpaired) electrons. The van der Waals surface area contributed by atoms with E-state index in [1.165, 1.54) is 4.90 Å². The molecule has 0 unspecified atom stereocenters. The van der Waals surface area contributed by atoms with Crippen LogP contribution in [0.15, 0.2) is 24.3 Å². The zero-order valence-electron chi connectivity index (χ0n) is 20.1. The Labute approximate surface area is 189 Å². The monoisotopic (exact) mass is 444 g/mol. The van der Waals surface area contributed by atoms with Crippen LogP contribution in [0.4, 0.5) is 4.79 Å². The van der Waals surface area contributed by atoms with Crippen molar-refractivity contribution in [2.45, 2.75) is 84.5 Å². The third kappa shape index (κ3) is 4.33. The first-order valence-electron chi connectivity index (χ1n) is 11.2. The smallest absolute Gasteiger partial charge is 0.407 e. The van der Waals surface area contributed by atoms with E-state index in [0.717, 1.165) is 10.9 Å². The normalized spacial score (nSPS) is 22.0. The van der Waals surface area contributed by atoms with Gasteiger partial charge in [0.15, 0.2) is 5.69 Å². The van der Waals surface area contributed by atoms with Crippen molar-refractivity contribution in [1.29, 1.82) is 0 Å². The van der Waals surface area contributed by atoms with Crippen molar-refractivity contribution >= 4 is 22.9 Å². The van der Waals surface area contributed by atoms with Gasteiger partial charge in [-0.25, -0.2) is 4.79 Å². The molecule has 0 aliphatic carbocycles. The number of carbonyl (C=O) groups excluding carboxylic acids is 1. The maximum Gasteiger partial charge on any atom is 0.407 e. The predicted molar refractivity (Wildman–Crippen MR) is 124 cm³/mol. The lowest BCUT2D eigenvalue weighted by Crippen LogP contribution is -2.58. The van der Waals surface area contributed by atoms with E-state index in [9.17, 15) is 19.8 Å². The number of hydrogen-bond acceptors (Lipinski definition) is 4. The van der Waals surface area contributed by atoms with Crippen LogP contribution in [0.1, 0.15) is 77.8 Å². The fourth-order valence-corrected chi connectivity index (χ4v) is 5.10. The number of likely N-dealkylation sites (tertiary alicyclic amines) is 1. The van der Waals surface area contributed by atoms with Gasteiger partial charge in [-0.05, 0) is 52.0 Å². The molecular weight excluding hydrogens is 408 g/mol. The van der Waals surface area contributed by atoms with Gasteiger partial charge >= 0.3 is 6.09 Å². The number of fused-ring (bicyclic) bond motifs is 1. The average molecular weight is 445 g/mol. The summed E-state index contributed by atoms with van der Waals surface area (Å²) in [5.41, 5.74) is -1.11. The standard InChI is InChI=1S/C24H36N4O4/c1-15(2)28-18-11-9-8-10-17(18)19(26-28)20(29)25-16-12-24(22(3,4)5,14-23(6,7)32)27(13-16)21(30)31/h8-11,15-16,32H,12-14H2,1-7H3,(H,25,29)(H,30,31)/t16-,24-/m0/s1. The van der Waals surface area contributed by atoms with Crippen LogP contribution in [0.3, 0.4) is 0 Å². The summed E-state index contributed by atoms with van der Waals surface area (Å²) in [4.78, 5) is 26.9. The predicted octanol–water partition coefficient (Wildman–Crippen LogP) is 4.05. The van der Waals surface area contributed by atoms with Crippen LogP contribution in [-0.4, -0.2) is 60.6 Å². The first kappa shape index (κ1) is 24.0. The Bertz CT molecular complexity index is 1020. The lowest BCUT2D eigenvalue weighted by molar-refractivity contribution is -0.0410. The van der Waals surface area contributed by atoms with E-state index in [-0.39, 0.29) is 31.0 Å². The molecule has 3 rings (SSSR count). The number of aliphatic hydroxyl groups is 1. The second kappa shape index (κ2) is 8.06. The summed E-state index contributed by atoms with van der Waals surface area (Å²) >= 11 is 0. The summed E-state index contributed by atoms with van der Waals surface area (Å²) in [5.74, 6) is -0.316. The van der Waals surface area contributed by atoms with E-state index in [1.807, 2.05) is 63.6 Å². The number of benzene rings is 1. The molecule has 2 amide bonds. The number of carboxylic acid groups (broad SMARTS) is 1. The number of aromatic nitrogens is 2. The van der Waals surface area contributed by atoms with Gasteiger partial charge in [-0.3, -0.25) is 14.4 Å². The maximum atomic E-state index is 13.3. The summed E-state index contributed by atoms with van der Waals surface area (Å²) in [6.45, 7) is 13.5. The van der Waals surface area contributed by atoms with Crippen molar-refractivity contribution in [3.05, 3.63) is 30.0 Å². The summed E-state index contributed by atoms with van der Waals surface area (Å²) in [6, 6.07) is 7.32. The van der Waals surface area contributed by atoms with Crippen molar-refractivity contribution in [1.82, 2.24) is 20.0 Å². The summed E-state index contributed by atoms with van der Waals surface area (Å²) < 4.78 is 1.83. The van der Waals surface area contributed by atoms with Crippen molar-refractivity contribution in [3.63, 3.8) is 0 Å². The van der Waals surface area contributed by atoms with Crippen molar-refractivity contribution < 1.29 is 19.8 Å². The minimum atomic E-state index is -1.06. The third-order valence-electron chi connectivity index (χ3n) is 6.51. The fraction of sp³-hybridized carbons (Fsp3) is 0.625. The minimum Gasteiger partial charge on any atom is -0.465 e. The Hall–Kier alpha value is -2.61. The van der Waals surface area contributed by atoms with Crippen molar-refractivity contribution in [2.24, 2.45) is 5.41 Å². The third-order valence-corrected chi connectivity index (χ3v) is 6.51. The average Bonchev–Trinajstić information content (AvgIpc) is 3.19. The highest BCUT2D eigenvalue weighted by molar-refractivity contribution is 6.05. The maximum absolute atomic E-state index is 13.3. The van der Waals surface area contributed by atoms with E-state index in [0.29, 0.717) is 12.1 Å². The molecule has 1 aromatic heterocycles. The van der Waals surface area contributed by atoms with Crippen LogP contribution >= 0.6 is 0 Å². The highest BCUT2D eigenvalue weighted by atomic mass is 16.4. The fourth-order valence-electron chi connectivity index (χ4n) is 5.10. The lowest BCUT2D eigenvalue weighted by Gasteiger charge is -2.49. The van der Waals surface area contributed by atoms with Gasteiger partial charge in [0.25, 0.3) is 5.91 Å². The second-order valence-corrected chi connectivity index (χ2v) is 10.9. The number of carbonyl (C=O) groups is 2. The number of hydrogen-bond donors (Lipinski definition) is 3. The second-order valence-electron chi connectivity index (χ2n) is 10.9. The topological polar surface area (TPSA) is 108 Å². The zero-order valence-corrected chi connectivity index (χ0v) is 20.1. The van der Waals surface area contributed by atoms with Crippen molar-refractivity contribution in [2.75, 3.05) is 6.54 Å². The molecular formula is C24H36N4O4. The lowest BCUT2D eigenvalue weighted by atomic mass is 9.66. The van der Waals surface area contributed by atoms with E-state index in [4.69, 9.17) is 0 Å². The molecule has 0 spiro atoms. The molecule has 176 valence electrons. The first-order chi connectivity index (χ1) is 14.7.